The summed E-state index contributed by atoms with van der Waals surface area (Å²) in [6.07, 6.45) is 1.05. The lowest BCUT2D eigenvalue weighted by atomic mass is 10.2. The van der Waals surface area contributed by atoms with Crippen molar-refractivity contribution in [3.05, 3.63) is 50.5 Å². The first-order chi connectivity index (χ1) is 12.9. The number of nitrogens with one attached hydrogen (secondary N) is 2. The number of carbonyl (C=O) groups excluding carboxylic acids is 1. The van der Waals surface area contributed by atoms with Gasteiger partial charge in [-0.15, -0.1) is 0 Å². The lowest BCUT2D eigenvalue weighted by molar-refractivity contribution is -0.398. The Bertz CT molecular complexity index is 933. The van der Waals surface area contributed by atoms with Gasteiger partial charge in [0.2, 0.25) is 6.79 Å². The van der Waals surface area contributed by atoms with Gasteiger partial charge in [-0.05, 0) is 29.5 Å². The van der Waals surface area contributed by atoms with Crippen molar-refractivity contribution >= 4 is 39.4 Å². The molecular weight excluding hydrogens is 424 g/mol. The molecule has 0 fully saturated rings. The summed E-state index contributed by atoms with van der Waals surface area (Å²) in [5.41, 5.74) is 2.28. The van der Waals surface area contributed by atoms with Crippen molar-refractivity contribution in [1.29, 1.82) is 0 Å². The lowest BCUT2D eigenvalue weighted by Gasteiger charge is -2.11. The van der Waals surface area contributed by atoms with Crippen LogP contribution in [0.15, 0.2) is 39.9 Å². The highest BCUT2D eigenvalue weighted by molar-refractivity contribution is 9.10. The van der Waals surface area contributed by atoms with Crippen LogP contribution in [0.25, 0.3) is 0 Å². The smallest absolute Gasteiger partial charge is 0.263 e. The van der Waals surface area contributed by atoms with Crippen LogP contribution in [0.4, 0.5) is 11.4 Å². The van der Waals surface area contributed by atoms with Crippen LogP contribution in [0, 0.1) is 10.1 Å². The quantitative estimate of drug-likeness (QED) is 0.400. The molecule has 10 nitrogen and oxygen atoms in total. The molecule has 11 heteroatoms. The second kappa shape index (κ2) is 7.91. The number of hydrogen-bond donors (Lipinski definition) is 2. The number of fused-ring (bicyclic) bond motifs is 1. The van der Waals surface area contributed by atoms with Crippen LogP contribution < -0.4 is 25.3 Å². The molecule has 0 aromatic heterocycles. The van der Waals surface area contributed by atoms with Crippen LogP contribution in [-0.4, -0.2) is 30.4 Å². The van der Waals surface area contributed by atoms with Gasteiger partial charge in [0.25, 0.3) is 11.6 Å². The van der Waals surface area contributed by atoms with Crippen LogP contribution in [0.1, 0.15) is 5.56 Å². The molecule has 1 heterocycles. The molecule has 0 saturated carbocycles. The fraction of sp³-hybridized carbons (Fsp3) is 0.125. The monoisotopic (exact) mass is 435 g/mol. The Morgan fingerprint density at radius 3 is 2.85 bits per heavy atom. The van der Waals surface area contributed by atoms with E-state index in [-0.39, 0.29) is 18.9 Å². The van der Waals surface area contributed by atoms with Crippen LogP contribution in [0.2, 0.25) is 0 Å². The van der Waals surface area contributed by atoms with Crippen LogP contribution in [-0.2, 0) is 4.79 Å². The summed E-state index contributed by atoms with van der Waals surface area (Å²) >= 11 is 3.09. The fourth-order valence-electron chi connectivity index (χ4n) is 2.23. The molecule has 3 rings (SSSR count). The summed E-state index contributed by atoms with van der Waals surface area (Å²) < 4.78 is 10.8. The highest BCUT2D eigenvalue weighted by atomic mass is 79.9. The van der Waals surface area contributed by atoms with Gasteiger partial charge in [-0.3, -0.25) is 14.9 Å². The Morgan fingerprint density at radius 1 is 1.30 bits per heavy atom. The van der Waals surface area contributed by atoms with Crippen LogP contribution >= 0.6 is 15.9 Å². The molecule has 1 amide bonds. The summed E-state index contributed by atoms with van der Waals surface area (Å²) in [4.78, 5) is 21.9. The number of halogens is 1. The van der Waals surface area contributed by atoms with E-state index in [0.29, 0.717) is 21.7 Å². The number of rotatable bonds is 6. The molecule has 1 aliphatic rings. The van der Waals surface area contributed by atoms with Gasteiger partial charge >= 0.3 is 0 Å². The standard InChI is InChI=1S/C16H13BrN4O6/c17-10-3-9(16(23)12(4-10)21(24)25)6-19-20-15(22)7-18-11-1-2-13-14(5-11)27-8-26-13/h1-6,18,23H,7-8H2,(H,20,22)/p-1/b19-6-. The van der Waals surface area contributed by atoms with Gasteiger partial charge in [0.05, 0.1) is 17.7 Å². The largest absolute Gasteiger partial charge is 0.867 e. The number of anilines is 1. The Balaban J connectivity index is 1.57. The van der Waals surface area contributed by atoms with Gasteiger partial charge in [-0.1, -0.05) is 15.9 Å². The highest BCUT2D eigenvalue weighted by Crippen LogP contribution is 2.34. The molecule has 0 bridgehead atoms. The summed E-state index contributed by atoms with van der Waals surface area (Å²) in [5.74, 6) is -0.0515. The van der Waals surface area contributed by atoms with E-state index >= 15 is 0 Å². The van der Waals surface area contributed by atoms with Crippen molar-refractivity contribution in [2.24, 2.45) is 5.10 Å². The first kappa shape index (κ1) is 18.5. The first-order valence-electron chi connectivity index (χ1n) is 7.54. The molecule has 2 aromatic carbocycles. The number of carbonyl (C=O) groups is 1. The average molecular weight is 436 g/mol. The van der Waals surface area contributed by atoms with E-state index in [4.69, 9.17) is 9.47 Å². The number of nitro groups is 1. The van der Waals surface area contributed by atoms with Crippen molar-refractivity contribution in [3.63, 3.8) is 0 Å². The minimum absolute atomic E-state index is 0.0277. The van der Waals surface area contributed by atoms with Crippen molar-refractivity contribution in [1.82, 2.24) is 5.43 Å². The number of benzene rings is 2. The topological polar surface area (TPSA) is 138 Å². The van der Waals surface area contributed by atoms with Crippen molar-refractivity contribution < 1.29 is 24.3 Å². The molecule has 140 valence electrons. The molecule has 0 unspecified atom stereocenters. The van der Waals surface area contributed by atoms with Crippen molar-refractivity contribution in [3.8, 4) is 17.2 Å². The van der Waals surface area contributed by atoms with Gasteiger partial charge in [-0.2, -0.15) is 5.10 Å². The zero-order valence-electron chi connectivity index (χ0n) is 13.6. The number of nitro benzene ring substituents is 1. The van der Waals surface area contributed by atoms with Crippen molar-refractivity contribution in [2.45, 2.75) is 0 Å². The summed E-state index contributed by atoms with van der Waals surface area (Å²) in [7, 11) is 0. The molecule has 0 spiro atoms. The van der Waals surface area contributed by atoms with Crippen LogP contribution in [0.3, 0.4) is 0 Å². The normalized spacial score (nSPS) is 12.2. The van der Waals surface area contributed by atoms with E-state index in [0.717, 1.165) is 12.3 Å². The molecule has 1 aliphatic heterocycles. The minimum Gasteiger partial charge on any atom is -0.867 e. The second-order valence-corrected chi connectivity index (χ2v) is 6.23. The maximum atomic E-state index is 11.9. The summed E-state index contributed by atoms with van der Waals surface area (Å²) in [5, 5.41) is 29.3. The number of nitrogens with zero attached hydrogens (tertiary/aromatic N) is 2. The van der Waals surface area contributed by atoms with Gasteiger partial charge in [0.1, 0.15) is 0 Å². The predicted octanol–water partition coefficient (Wildman–Crippen LogP) is 1.72. The molecule has 0 aliphatic carbocycles. The number of hydrazone groups is 1. The third-order valence-electron chi connectivity index (χ3n) is 3.48. The molecular formula is C16H12BrN4O6-. The predicted molar refractivity (Wildman–Crippen MR) is 97.0 cm³/mol. The molecule has 0 radical (unpaired) electrons. The SMILES string of the molecule is O=C(CNc1ccc2c(c1)OCO2)N/N=C\c1cc(Br)cc([N+](=O)[O-])c1[O-]. The van der Waals surface area contributed by atoms with Crippen molar-refractivity contribution in [2.75, 3.05) is 18.7 Å². The van der Waals surface area contributed by atoms with E-state index in [1.165, 1.54) is 6.07 Å². The Kier molecular flexibility index (Phi) is 5.41. The maximum absolute atomic E-state index is 11.9. The molecule has 0 saturated heterocycles. The van der Waals surface area contributed by atoms with E-state index in [1.807, 2.05) is 0 Å². The summed E-state index contributed by atoms with van der Waals surface area (Å²) in [6.45, 7) is 0.0727. The van der Waals surface area contributed by atoms with Crippen LogP contribution in [0.5, 0.6) is 17.2 Å². The van der Waals surface area contributed by atoms with Gasteiger partial charge in [0, 0.05) is 22.3 Å². The fourth-order valence-corrected chi connectivity index (χ4v) is 2.70. The number of amides is 1. The van der Waals surface area contributed by atoms with E-state index in [9.17, 15) is 20.0 Å². The number of hydrogen-bond acceptors (Lipinski definition) is 8. The molecule has 2 aromatic rings. The third kappa shape index (κ3) is 4.44. The zero-order valence-corrected chi connectivity index (χ0v) is 15.2. The zero-order chi connectivity index (χ0) is 19.4. The number of ether oxygens (including phenoxy) is 2. The second-order valence-electron chi connectivity index (χ2n) is 5.32. The van der Waals surface area contributed by atoms with Gasteiger partial charge < -0.3 is 19.9 Å². The summed E-state index contributed by atoms with van der Waals surface area (Å²) in [6, 6.07) is 7.62. The molecule has 27 heavy (non-hydrogen) atoms. The Morgan fingerprint density at radius 2 is 2.07 bits per heavy atom. The van der Waals surface area contributed by atoms with E-state index in [1.54, 1.807) is 18.2 Å². The third-order valence-corrected chi connectivity index (χ3v) is 3.94. The maximum Gasteiger partial charge on any atom is 0.263 e. The molecule has 0 atom stereocenters. The van der Waals surface area contributed by atoms with E-state index < -0.39 is 22.3 Å². The van der Waals surface area contributed by atoms with E-state index in [2.05, 4.69) is 31.8 Å². The Labute approximate surface area is 161 Å². The first-order valence-corrected chi connectivity index (χ1v) is 8.33. The molecule has 2 N–H and O–H groups in total. The Hall–Kier alpha value is -3.34. The minimum atomic E-state index is -0.792. The average Bonchev–Trinajstić information content (AvgIpc) is 3.10. The van der Waals surface area contributed by atoms with Gasteiger partial charge in [-0.25, -0.2) is 5.43 Å². The highest BCUT2D eigenvalue weighted by Gasteiger charge is 2.13. The van der Waals surface area contributed by atoms with Gasteiger partial charge in [0.15, 0.2) is 11.5 Å². The lowest BCUT2D eigenvalue weighted by Crippen LogP contribution is -2.25.